The predicted molar refractivity (Wildman–Crippen MR) is 105 cm³/mol. The van der Waals surface area contributed by atoms with E-state index >= 15 is 0 Å². The van der Waals surface area contributed by atoms with Crippen LogP contribution in [0, 0.1) is 11.3 Å². The SMILES string of the molecule is N#CC1=C(N)OC2=C(C(=O)C[C@H](c3ccccc3)C2)[C@H]1c1cccc(Br)c1. The summed E-state index contributed by atoms with van der Waals surface area (Å²) in [5.74, 6) is 0.247. The van der Waals surface area contributed by atoms with Gasteiger partial charge in [0.2, 0.25) is 5.88 Å². The van der Waals surface area contributed by atoms with Crippen LogP contribution in [0.25, 0.3) is 0 Å². The van der Waals surface area contributed by atoms with Crippen molar-refractivity contribution >= 4 is 21.7 Å². The summed E-state index contributed by atoms with van der Waals surface area (Å²) < 4.78 is 6.66. The first-order valence-corrected chi connectivity index (χ1v) is 9.52. The van der Waals surface area contributed by atoms with E-state index in [-0.39, 0.29) is 17.6 Å². The first-order valence-electron chi connectivity index (χ1n) is 8.72. The number of ether oxygens (including phenoxy) is 1. The van der Waals surface area contributed by atoms with Crippen molar-refractivity contribution in [3.05, 3.63) is 93.0 Å². The third-order valence-electron chi connectivity index (χ3n) is 5.11. The molecule has 2 aromatic rings. The van der Waals surface area contributed by atoms with Crippen LogP contribution < -0.4 is 5.73 Å². The molecule has 0 saturated carbocycles. The molecule has 0 fully saturated rings. The monoisotopic (exact) mass is 420 g/mol. The lowest BCUT2D eigenvalue weighted by atomic mass is 9.73. The van der Waals surface area contributed by atoms with Gasteiger partial charge in [-0.05, 0) is 29.2 Å². The summed E-state index contributed by atoms with van der Waals surface area (Å²) in [6.07, 6.45) is 0.990. The molecule has 1 aliphatic heterocycles. The van der Waals surface area contributed by atoms with Crippen molar-refractivity contribution in [2.75, 3.05) is 0 Å². The van der Waals surface area contributed by atoms with E-state index in [1.807, 2.05) is 54.6 Å². The number of ketones is 1. The summed E-state index contributed by atoms with van der Waals surface area (Å²) in [5.41, 5.74) is 8.88. The molecular weight excluding hydrogens is 404 g/mol. The van der Waals surface area contributed by atoms with E-state index in [1.165, 1.54) is 0 Å². The number of nitrogens with two attached hydrogens (primary N) is 1. The molecule has 0 radical (unpaired) electrons. The highest BCUT2D eigenvalue weighted by Gasteiger charge is 2.40. The molecule has 2 aromatic carbocycles. The Morgan fingerprint density at radius 3 is 2.52 bits per heavy atom. The normalized spacial score (nSPS) is 22.1. The van der Waals surface area contributed by atoms with Crippen molar-refractivity contribution in [2.45, 2.75) is 24.7 Å². The van der Waals surface area contributed by atoms with Gasteiger partial charge in [-0.15, -0.1) is 0 Å². The lowest BCUT2D eigenvalue weighted by molar-refractivity contribution is -0.117. The predicted octanol–water partition coefficient (Wildman–Crippen LogP) is 4.66. The topological polar surface area (TPSA) is 76.1 Å². The van der Waals surface area contributed by atoms with Crippen molar-refractivity contribution in [1.82, 2.24) is 0 Å². The van der Waals surface area contributed by atoms with E-state index in [9.17, 15) is 10.1 Å². The van der Waals surface area contributed by atoms with E-state index in [0.717, 1.165) is 15.6 Å². The fourth-order valence-corrected chi connectivity index (χ4v) is 4.31. The van der Waals surface area contributed by atoms with Crippen LogP contribution in [0.5, 0.6) is 0 Å². The zero-order valence-electron chi connectivity index (χ0n) is 14.5. The van der Waals surface area contributed by atoms with Gasteiger partial charge >= 0.3 is 0 Å². The van der Waals surface area contributed by atoms with Gasteiger partial charge in [0.25, 0.3) is 0 Å². The average molecular weight is 421 g/mol. The van der Waals surface area contributed by atoms with Gasteiger partial charge in [0.05, 0.1) is 5.92 Å². The Kier molecular flexibility index (Phi) is 4.59. The second-order valence-electron chi connectivity index (χ2n) is 6.76. The van der Waals surface area contributed by atoms with Crippen molar-refractivity contribution in [3.8, 4) is 6.07 Å². The van der Waals surface area contributed by atoms with Gasteiger partial charge in [0.1, 0.15) is 17.4 Å². The van der Waals surface area contributed by atoms with Crippen LogP contribution in [0.1, 0.15) is 35.8 Å². The number of carbonyl (C=O) groups excluding carboxylic acids is 1. The molecule has 4 rings (SSSR count). The molecule has 0 amide bonds. The van der Waals surface area contributed by atoms with Crippen LogP contribution in [0.2, 0.25) is 0 Å². The Morgan fingerprint density at radius 1 is 1.07 bits per heavy atom. The molecule has 0 spiro atoms. The van der Waals surface area contributed by atoms with Crippen molar-refractivity contribution < 1.29 is 9.53 Å². The summed E-state index contributed by atoms with van der Waals surface area (Å²) in [5, 5.41) is 9.66. The first-order chi connectivity index (χ1) is 13.1. The molecule has 4 nitrogen and oxygen atoms in total. The zero-order valence-corrected chi connectivity index (χ0v) is 16.1. The van der Waals surface area contributed by atoms with Crippen LogP contribution in [-0.2, 0) is 9.53 Å². The highest BCUT2D eigenvalue weighted by Crippen LogP contribution is 2.46. The minimum absolute atomic E-state index is 0.00956. The third kappa shape index (κ3) is 3.17. The summed E-state index contributed by atoms with van der Waals surface area (Å²) in [4.78, 5) is 13.1. The number of benzene rings is 2. The number of hydrogen-bond donors (Lipinski definition) is 1. The number of rotatable bonds is 2. The highest BCUT2D eigenvalue weighted by molar-refractivity contribution is 9.10. The number of nitrogens with zero attached hydrogens (tertiary/aromatic N) is 1. The lowest BCUT2D eigenvalue weighted by Crippen LogP contribution is -2.29. The lowest BCUT2D eigenvalue weighted by Gasteiger charge is -2.34. The molecule has 0 aromatic heterocycles. The van der Waals surface area contributed by atoms with Crippen LogP contribution >= 0.6 is 15.9 Å². The molecule has 1 heterocycles. The van der Waals surface area contributed by atoms with Gasteiger partial charge in [0.15, 0.2) is 5.78 Å². The molecule has 0 unspecified atom stereocenters. The van der Waals surface area contributed by atoms with Crippen LogP contribution in [0.4, 0.5) is 0 Å². The summed E-state index contributed by atoms with van der Waals surface area (Å²) in [7, 11) is 0. The number of allylic oxidation sites excluding steroid dienone is 3. The number of Topliss-reactive ketones (excluding diaryl/α,β-unsaturated/α-hetero) is 1. The van der Waals surface area contributed by atoms with Gasteiger partial charge in [-0.25, -0.2) is 0 Å². The maximum Gasteiger partial charge on any atom is 0.205 e. The van der Waals surface area contributed by atoms with Gasteiger partial charge in [-0.2, -0.15) is 5.26 Å². The molecule has 2 aliphatic rings. The second kappa shape index (κ2) is 7.05. The Morgan fingerprint density at radius 2 is 1.81 bits per heavy atom. The fraction of sp³-hybridized carbons (Fsp3) is 0.182. The Hall–Kier alpha value is -2.84. The molecule has 0 saturated heterocycles. The third-order valence-corrected chi connectivity index (χ3v) is 5.61. The largest absolute Gasteiger partial charge is 0.444 e. The van der Waals surface area contributed by atoms with Crippen molar-refractivity contribution in [3.63, 3.8) is 0 Å². The molecule has 27 heavy (non-hydrogen) atoms. The summed E-state index contributed by atoms with van der Waals surface area (Å²) in [6.45, 7) is 0. The van der Waals surface area contributed by atoms with Gasteiger partial charge in [-0.1, -0.05) is 58.4 Å². The zero-order chi connectivity index (χ0) is 19.0. The minimum atomic E-state index is -0.486. The van der Waals surface area contributed by atoms with Crippen LogP contribution in [-0.4, -0.2) is 5.78 Å². The van der Waals surface area contributed by atoms with Gasteiger partial charge in [-0.3, -0.25) is 4.79 Å². The molecule has 134 valence electrons. The van der Waals surface area contributed by atoms with Crippen LogP contribution in [0.3, 0.4) is 0 Å². The summed E-state index contributed by atoms with van der Waals surface area (Å²) in [6, 6.07) is 19.7. The standard InChI is InChI=1S/C22H17BrN2O2/c23-16-8-4-7-14(9-16)20-17(12-24)22(25)27-19-11-15(10-18(26)21(19)20)13-5-2-1-3-6-13/h1-9,15,20H,10-11,25H2/t15-,20-/m0/s1. The van der Waals surface area contributed by atoms with E-state index in [4.69, 9.17) is 10.5 Å². The Bertz CT molecular complexity index is 1020. The maximum atomic E-state index is 13.1. The quantitative estimate of drug-likeness (QED) is 0.766. The second-order valence-corrected chi connectivity index (χ2v) is 7.67. The fourth-order valence-electron chi connectivity index (χ4n) is 3.89. The van der Waals surface area contributed by atoms with Crippen molar-refractivity contribution in [2.24, 2.45) is 5.73 Å². The molecule has 2 atom stereocenters. The van der Waals surface area contributed by atoms with E-state index in [2.05, 4.69) is 22.0 Å². The smallest absolute Gasteiger partial charge is 0.205 e. The molecular formula is C22H17BrN2O2. The summed E-state index contributed by atoms with van der Waals surface area (Å²) >= 11 is 3.47. The molecule has 1 aliphatic carbocycles. The van der Waals surface area contributed by atoms with Gasteiger partial charge in [0, 0.05) is 22.9 Å². The van der Waals surface area contributed by atoms with Crippen LogP contribution in [0.15, 0.2) is 81.9 Å². The van der Waals surface area contributed by atoms with E-state index < -0.39 is 5.92 Å². The highest BCUT2D eigenvalue weighted by atomic mass is 79.9. The number of nitriles is 1. The molecule has 5 heteroatoms. The van der Waals surface area contributed by atoms with E-state index in [1.54, 1.807) is 0 Å². The maximum absolute atomic E-state index is 13.1. The van der Waals surface area contributed by atoms with E-state index in [0.29, 0.717) is 29.7 Å². The first kappa shape index (κ1) is 17.6. The Balaban J connectivity index is 1.80. The molecule has 2 N–H and O–H groups in total. The minimum Gasteiger partial charge on any atom is -0.444 e. The number of halogens is 1. The molecule has 0 bridgehead atoms. The number of carbonyl (C=O) groups is 1. The van der Waals surface area contributed by atoms with Gasteiger partial charge < -0.3 is 10.5 Å². The average Bonchev–Trinajstić information content (AvgIpc) is 2.67. The Labute approximate surface area is 166 Å². The van der Waals surface area contributed by atoms with Crippen molar-refractivity contribution in [1.29, 1.82) is 5.26 Å². The number of hydrogen-bond acceptors (Lipinski definition) is 4.